The van der Waals surface area contributed by atoms with E-state index < -0.39 is 0 Å². The van der Waals surface area contributed by atoms with Crippen molar-refractivity contribution in [3.63, 3.8) is 0 Å². The Balaban J connectivity index is 1.80. The van der Waals surface area contributed by atoms with Gasteiger partial charge in [-0.25, -0.2) is 4.39 Å². The van der Waals surface area contributed by atoms with E-state index in [-0.39, 0.29) is 11.9 Å². The van der Waals surface area contributed by atoms with E-state index in [1.807, 2.05) is 0 Å². The summed E-state index contributed by atoms with van der Waals surface area (Å²) < 4.78 is 18.7. The van der Waals surface area contributed by atoms with E-state index in [0.717, 1.165) is 30.8 Å². The molecule has 0 fully saturated rings. The molecule has 2 atom stereocenters. The number of halogens is 2. The van der Waals surface area contributed by atoms with E-state index in [1.54, 1.807) is 12.1 Å². The third kappa shape index (κ3) is 3.33. The maximum atomic E-state index is 13.0. The first-order valence-electron chi connectivity index (χ1n) is 5.91. The normalized spacial score (nSPS) is 19.8. The van der Waals surface area contributed by atoms with Crippen LogP contribution in [0.4, 0.5) is 4.39 Å². The van der Waals surface area contributed by atoms with Crippen LogP contribution in [0, 0.1) is 11.7 Å². The van der Waals surface area contributed by atoms with E-state index in [9.17, 15) is 4.39 Å². The molecule has 0 aromatic heterocycles. The van der Waals surface area contributed by atoms with Gasteiger partial charge in [0.05, 0.1) is 0 Å². The molecule has 0 radical (unpaired) electrons. The van der Waals surface area contributed by atoms with Crippen molar-refractivity contribution in [2.75, 3.05) is 19.0 Å². The molecule has 1 aliphatic rings. The minimum absolute atomic E-state index is 0.106. The summed E-state index contributed by atoms with van der Waals surface area (Å²) in [5.41, 5.74) is 0.960. The highest BCUT2D eigenvalue weighted by molar-refractivity contribution is 6.18. The third-order valence-electron chi connectivity index (χ3n) is 2.89. The first-order chi connectivity index (χ1) is 8.19. The van der Waals surface area contributed by atoms with Crippen molar-refractivity contribution in [3.05, 3.63) is 29.6 Å². The molecule has 17 heavy (non-hydrogen) atoms. The first-order valence-corrected chi connectivity index (χ1v) is 6.44. The van der Waals surface area contributed by atoms with Crippen molar-refractivity contribution in [1.82, 2.24) is 5.32 Å². The van der Waals surface area contributed by atoms with Crippen LogP contribution in [0.5, 0.6) is 5.75 Å². The molecule has 1 heterocycles. The average Bonchev–Trinajstić information content (AvgIpc) is 2.70. The molecule has 2 rings (SSSR count). The van der Waals surface area contributed by atoms with Crippen molar-refractivity contribution >= 4 is 11.6 Å². The molecule has 1 aromatic carbocycles. The number of alkyl halides is 1. The fourth-order valence-electron chi connectivity index (χ4n) is 1.95. The average molecular weight is 258 g/mol. The largest absolute Gasteiger partial charge is 0.488 e. The standard InChI is InChI=1S/C13H17ClFNO/c1-9(6-14)7-16-8-12-5-10-4-11(15)2-3-13(10)17-12/h2-4,9,12,16H,5-8H2,1H3. The summed E-state index contributed by atoms with van der Waals surface area (Å²) >= 11 is 5.72. The summed E-state index contributed by atoms with van der Waals surface area (Å²) in [4.78, 5) is 0. The van der Waals surface area contributed by atoms with Crippen LogP contribution in [-0.4, -0.2) is 25.1 Å². The fourth-order valence-corrected chi connectivity index (χ4v) is 2.06. The molecular weight excluding hydrogens is 241 g/mol. The van der Waals surface area contributed by atoms with Crippen LogP contribution in [0.3, 0.4) is 0 Å². The summed E-state index contributed by atoms with van der Waals surface area (Å²) in [6.45, 7) is 3.76. The number of rotatable bonds is 5. The summed E-state index contributed by atoms with van der Waals surface area (Å²) in [7, 11) is 0. The number of nitrogens with one attached hydrogen (secondary N) is 1. The van der Waals surface area contributed by atoms with E-state index in [1.165, 1.54) is 6.07 Å². The Morgan fingerprint density at radius 3 is 3.18 bits per heavy atom. The van der Waals surface area contributed by atoms with Gasteiger partial charge in [0, 0.05) is 24.4 Å². The fraction of sp³-hybridized carbons (Fsp3) is 0.538. The predicted molar refractivity (Wildman–Crippen MR) is 67.3 cm³/mol. The molecule has 2 unspecified atom stereocenters. The number of benzene rings is 1. The Kier molecular flexibility index (Phi) is 4.24. The Morgan fingerprint density at radius 2 is 2.41 bits per heavy atom. The maximum absolute atomic E-state index is 13.0. The summed E-state index contributed by atoms with van der Waals surface area (Å²) in [5.74, 6) is 1.72. The second-order valence-corrected chi connectivity index (χ2v) is 4.92. The SMILES string of the molecule is CC(CCl)CNCC1Cc2cc(F)ccc2O1. The number of hydrogen-bond acceptors (Lipinski definition) is 2. The van der Waals surface area contributed by atoms with Gasteiger partial charge in [-0.05, 0) is 30.7 Å². The van der Waals surface area contributed by atoms with Gasteiger partial charge in [0.1, 0.15) is 17.7 Å². The van der Waals surface area contributed by atoms with Crippen molar-refractivity contribution in [3.8, 4) is 5.75 Å². The van der Waals surface area contributed by atoms with Crippen LogP contribution in [0.1, 0.15) is 12.5 Å². The van der Waals surface area contributed by atoms with Gasteiger partial charge in [-0.2, -0.15) is 0 Å². The smallest absolute Gasteiger partial charge is 0.123 e. The second-order valence-electron chi connectivity index (χ2n) is 4.61. The maximum Gasteiger partial charge on any atom is 0.123 e. The molecule has 0 spiro atoms. The molecule has 0 saturated heterocycles. The zero-order chi connectivity index (χ0) is 12.3. The monoisotopic (exact) mass is 257 g/mol. The molecule has 1 aromatic rings. The molecule has 4 heteroatoms. The van der Waals surface area contributed by atoms with Gasteiger partial charge in [0.2, 0.25) is 0 Å². The van der Waals surface area contributed by atoms with Gasteiger partial charge in [0.25, 0.3) is 0 Å². The lowest BCUT2D eigenvalue weighted by molar-refractivity contribution is 0.226. The number of ether oxygens (including phenoxy) is 1. The van der Waals surface area contributed by atoms with E-state index >= 15 is 0 Å². The molecule has 1 aliphatic heterocycles. The minimum atomic E-state index is -0.197. The molecule has 0 bridgehead atoms. The summed E-state index contributed by atoms with van der Waals surface area (Å²) in [6.07, 6.45) is 0.879. The van der Waals surface area contributed by atoms with Gasteiger partial charge >= 0.3 is 0 Å². The molecular formula is C13H17ClFNO. The minimum Gasteiger partial charge on any atom is -0.488 e. The van der Waals surface area contributed by atoms with Gasteiger partial charge in [-0.1, -0.05) is 6.92 Å². The van der Waals surface area contributed by atoms with Crippen LogP contribution in [0.25, 0.3) is 0 Å². The Morgan fingerprint density at radius 1 is 1.59 bits per heavy atom. The van der Waals surface area contributed by atoms with Crippen molar-refractivity contribution in [2.45, 2.75) is 19.4 Å². The Hall–Kier alpha value is -0.800. The highest BCUT2D eigenvalue weighted by Crippen LogP contribution is 2.28. The van der Waals surface area contributed by atoms with Gasteiger partial charge < -0.3 is 10.1 Å². The van der Waals surface area contributed by atoms with Crippen LogP contribution in [-0.2, 0) is 6.42 Å². The zero-order valence-corrected chi connectivity index (χ0v) is 10.6. The lowest BCUT2D eigenvalue weighted by Gasteiger charge is -2.13. The van der Waals surface area contributed by atoms with E-state index in [4.69, 9.17) is 16.3 Å². The van der Waals surface area contributed by atoms with Crippen molar-refractivity contribution in [2.24, 2.45) is 5.92 Å². The molecule has 1 N–H and O–H groups in total. The van der Waals surface area contributed by atoms with Crippen LogP contribution >= 0.6 is 11.6 Å². The number of fused-ring (bicyclic) bond motifs is 1. The van der Waals surface area contributed by atoms with Crippen LogP contribution in [0.15, 0.2) is 18.2 Å². The zero-order valence-electron chi connectivity index (χ0n) is 9.88. The highest BCUT2D eigenvalue weighted by Gasteiger charge is 2.22. The second kappa shape index (κ2) is 5.69. The molecule has 94 valence electrons. The van der Waals surface area contributed by atoms with Gasteiger partial charge in [0.15, 0.2) is 0 Å². The quantitative estimate of drug-likeness (QED) is 0.819. The first kappa shape index (κ1) is 12.7. The Bertz CT molecular complexity index is 386. The van der Waals surface area contributed by atoms with E-state index in [0.29, 0.717) is 11.8 Å². The van der Waals surface area contributed by atoms with Gasteiger partial charge in [-0.3, -0.25) is 0 Å². The van der Waals surface area contributed by atoms with E-state index in [2.05, 4.69) is 12.2 Å². The van der Waals surface area contributed by atoms with Gasteiger partial charge in [-0.15, -0.1) is 11.6 Å². The number of hydrogen-bond donors (Lipinski definition) is 1. The predicted octanol–water partition coefficient (Wildman–Crippen LogP) is 2.59. The lowest BCUT2D eigenvalue weighted by Crippen LogP contribution is -2.33. The highest BCUT2D eigenvalue weighted by atomic mass is 35.5. The summed E-state index contributed by atoms with van der Waals surface area (Å²) in [6, 6.07) is 4.69. The molecule has 0 saturated carbocycles. The summed E-state index contributed by atoms with van der Waals surface area (Å²) in [5, 5.41) is 3.32. The van der Waals surface area contributed by atoms with Crippen LogP contribution < -0.4 is 10.1 Å². The molecule has 0 amide bonds. The third-order valence-corrected chi connectivity index (χ3v) is 3.42. The molecule has 0 aliphatic carbocycles. The van der Waals surface area contributed by atoms with Crippen LogP contribution in [0.2, 0.25) is 0 Å². The topological polar surface area (TPSA) is 21.3 Å². The lowest BCUT2D eigenvalue weighted by atomic mass is 10.1. The van der Waals surface area contributed by atoms with Crippen molar-refractivity contribution < 1.29 is 9.13 Å². The Labute approximate surface area is 106 Å². The molecule has 2 nitrogen and oxygen atoms in total. The van der Waals surface area contributed by atoms with Crippen molar-refractivity contribution in [1.29, 1.82) is 0 Å².